The van der Waals surface area contributed by atoms with Crippen LogP contribution in [0, 0.1) is 5.82 Å². The molecule has 0 saturated heterocycles. The fourth-order valence-electron chi connectivity index (χ4n) is 2.67. The smallest absolute Gasteiger partial charge is 0.326 e. The molecule has 7 nitrogen and oxygen atoms in total. The second-order valence-corrected chi connectivity index (χ2v) is 7.07. The Kier molecular flexibility index (Phi) is 6.18. The highest BCUT2D eigenvalue weighted by Crippen LogP contribution is 2.22. The second-order valence-electron chi connectivity index (χ2n) is 6.06. The Balaban J connectivity index is 2.09. The van der Waals surface area contributed by atoms with Crippen LogP contribution in [0.25, 0.3) is 10.2 Å². The first-order valence-electron chi connectivity index (χ1n) is 8.78. The van der Waals surface area contributed by atoms with Crippen LogP contribution in [-0.4, -0.2) is 29.0 Å². The number of nitrogens with one attached hydrogen (secondary N) is 1. The van der Waals surface area contributed by atoms with E-state index in [1.165, 1.54) is 42.5 Å². The predicted molar refractivity (Wildman–Crippen MR) is 107 cm³/mol. The molecule has 2 amide bonds. The van der Waals surface area contributed by atoms with E-state index in [2.05, 4.69) is 10.3 Å². The number of ether oxygens (including phenoxy) is 1. The molecule has 0 unspecified atom stereocenters. The van der Waals surface area contributed by atoms with Crippen LogP contribution in [-0.2, 0) is 20.9 Å². The summed E-state index contributed by atoms with van der Waals surface area (Å²) in [5, 5.41) is 2.69. The molecule has 0 aliphatic rings. The fraction of sp³-hybridized carbons (Fsp3) is 0.200. The number of carbonyl (C=O) groups excluding carboxylic acids is 3. The van der Waals surface area contributed by atoms with Crippen molar-refractivity contribution in [2.45, 2.75) is 20.4 Å². The van der Waals surface area contributed by atoms with Crippen molar-refractivity contribution in [3.05, 3.63) is 58.6 Å². The van der Waals surface area contributed by atoms with E-state index in [-0.39, 0.29) is 24.6 Å². The molecular formula is C20H18FN3O4S. The average Bonchev–Trinajstić information content (AvgIpc) is 2.98. The number of hydrogen-bond donors (Lipinski definition) is 1. The fourth-order valence-corrected chi connectivity index (χ4v) is 3.74. The van der Waals surface area contributed by atoms with E-state index in [9.17, 15) is 18.8 Å². The lowest BCUT2D eigenvalue weighted by Gasteiger charge is -2.06. The van der Waals surface area contributed by atoms with E-state index in [1.54, 1.807) is 29.7 Å². The van der Waals surface area contributed by atoms with Crippen LogP contribution in [0.5, 0.6) is 0 Å². The van der Waals surface area contributed by atoms with Gasteiger partial charge in [0.2, 0.25) is 5.91 Å². The second kappa shape index (κ2) is 8.78. The van der Waals surface area contributed by atoms with Crippen LogP contribution in [0.3, 0.4) is 0 Å². The quantitative estimate of drug-likeness (QED) is 0.649. The molecule has 0 aliphatic heterocycles. The average molecular weight is 415 g/mol. The number of halogens is 1. The predicted octanol–water partition coefficient (Wildman–Crippen LogP) is 3.10. The van der Waals surface area contributed by atoms with Gasteiger partial charge in [0, 0.05) is 18.2 Å². The summed E-state index contributed by atoms with van der Waals surface area (Å²) in [6, 6.07) is 10.2. The van der Waals surface area contributed by atoms with Crippen LogP contribution < -0.4 is 10.1 Å². The normalized spacial score (nSPS) is 11.5. The number of fused-ring (bicyclic) bond motifs is 1. The molecule has 1 heterocycles. The molecule has 1 N–H and O–H groups in total. The summed E-state index contributed by atoms with van der Waals surface area (Å²) in [6.07, 6.45) is 0. The number of benzene rings is 2. The zero-order chi connectivity index (χ0) is 21.0. The molecule has 0 aliphatic carbocycles. The number of thiazole rings is 1. The minimum atomic E-state index is -0.559. The van der Waals surface area contributed by atoms with Crippen molar-refractivity contribution in [2.24, 2.45) is 4.99 Å². The number of carbonyl (C=O) groups is 3. The molecule has 3 rings (SSSR count). The van der Waals surface area contributed by atoms with Gasteiger partial charge in [-0.1, -0.05) is 11.3 Å². The minimum Gasteiger partial charge on any atom is -0.465 e. The van der Waals surface area contributed by atoms with Crippen LogP contribution >= 0.6 is 11.3 Å². The Morgan fingerprint density at radius 2 is 1.90 bits per heavy atom. The monoisotopic (exact) mass is 415 g/mol. The van der Waals surface area contributed by atoms with E-state index in [0.29, 0.717) is 16.0 Å². The van der Waals surface area contributed by atoms with Gasteiger partial charge in [-0.3, -0.25) is 14.4 Å². The van der Waals surface area contributed by atoms with E-state index in [0.717, 1.165) is 4.70 Å². The lowest BCUT2D eigenvalue weighted by molar-refractivity contribution is -0.143. The lowest BCUT2D eigenvalue weighted by atomic mass is 10.2. The Hall–Kier alpha value is -3.33. The number of amides is 2. The summed E-state index contributed by atoms with van der Waals surface area (Å²) in [6.45, 7) is 3.22. The van der Waals surface area contributed by atoms with Crippen molar-refractivity contribution in [2.75, 3.05) is 11.9 Å². The van der Waals surface area contributed by atoms with Crippen LogP contribution in [0.1, 0.15) is 24.2 Å². The molecule has 1 aromatic heterocycles. The summed E-state index contributed by atoms with van der Waals surface area (Å²) in [7, 11) is 0. The van der Waals surface area contributed by atoms with Crippen molar-refractivity contribution in [1.82, 2.24) is 4.57 Å². The van der Waals surface area contributed by atoms with Crippen LogP contribution in [0.2, 0.25) is 0 Å². The molecule has 0 radical (unpaired) electrons. The number of aromatic nitrogens is 1. The lowest BCUT2D eigenvalue weighted by Crippen LogP contribution is -2.23. The standard InChI is InChI=1S/C20H18FN3O4S/c1-3-28-18(26)11-24-16-9-8-15(22-12(2)25)10-17(16)29-20(24)23-19(27)13-4-6-14(21)7-5-13/h4-10H,3,11H2,1-2H3,(H,22,25). The van der Waals surface area contributed by atoms with E-state index >= 15 is 0 Å². The van der Waals surface area contributed by atoms with Gasteiger partial charge >= 0.3 is 5.97 Å². The summed E-state index contributed by atoms with van der Waals surface area (Å²) < 4.78 is 20.4. The molecule has 0 bridgehead atoms. The first kappa shape index (κ1) is 20.4. The molecule has 29 heavy (non-hydrogen) atoms. The maximum atomic E-state index is 13.1. The van der Waals surface area contributed by atoms with Gasteiger partial charge in [0.15, 0.2) is 4.80 Å². The van der Waals surface area contributed by atoms with Gasteiger partial charge < -0.3 is 14.6 Å². The Morgan fingerprint density at radius 3 is 2.55 bits per heavy atom. The molecule has 0 fully saturated rings. The van der Waals surface area contributed by atoms with Crippen molar-refractivity contribution >= 4 is 45.0 Å². The first-order valence-corrected chi connectivity index (χ1v) is 9.60. The summed E-state index contributed by atoms with van der Waals surface area (Å²) in [5.41, 5.74) is 1.49. The number of rotatable bonds is 5. The number of hydrogen-bond acceptors (Lipinski definition) is 5. The topological polar surface area (TPSA) is 89.8 Å². The third-order valence-corrected chi connectivity index (χ3v) is 4.93. The molecule has 3 aromatic rings. The first-order chi connectivity index (χ1) is 13.9. The number of nitrogens with zero attached hydrogens (tertiary/aromatic N) is 2. The molecular weight excluding hydrogens is 397 g/mol. The Morgan fingerprint density at radius 1 is 1.17 bits per heavy atom. The number of esters is 1. The zero-order valence-electron chi connectivity index (χ0n) is 15.8. The van der Waals surface area contributed by atoms with Crippen molar-refractivity contribution in [3.63, 3.8) is 0 Å². The summed E-state index contributed by atoms with van der Waals surface area (Å²) >= 11 is 1.19. The van der Waals surface area contributed by atoms with Gasteiger partial charge in [-0.2, -0.15) is 4.99 Å². The van der Waals surface area contributed by atoms with Crippen LogP contribution in [0.15, 0.2) is 47.5 Å². The molecule has 2 aromatic carbocycles. The summed E-state index contributed by atoms with van der Waals surface area (Å²) in [4.78, 5) is 40.3. The molecule has 0 spiro atoms. The van der Waals surface area contributed by atoms with Gasteiger partial charge in [0.05, 0.1) is 16.8 Å². The van der Waals surface area contributed by atoms with Crippen molar-refractivity contribution < 1.29 is 23.5 Å². The van der Waals surface area contributed by atoms with Gasteiger partial charge in [-0.15, -0.1) is 0 Å². The maximum absolute atomic E-state index is 13.1. The number of anilines is 1. The van der Waals surface area contributed by atoms with Crippen molar-refractivity contribution in [3.8, 4) is 0 Å². The maximum Gasteiger partial charge on any atom is 0.326 e. The molecule has 0 atom stereocenters. The minimum absolute atomic E-state index is 0.122. The third kappa shape index (κ3) is 4.94. The highest BCUT2D eigenvalue weighted by atomic mass is 32.1. The summed E-state index contributed by atoms with van der Waals surface area (Å²) in [5.74, 6) is -1.69. The van der Waals surface area contributed by atoms with Gasteiger partial charge in [0.1, 0.15) is 12.4 Å². The van der Waals surface area contributed by atoms with Gasteiger partial charge in [-0.05, 0) is 49.4 Å². The Labute approximate surface area is 169 Å². The molecule has 9 heteroatoms. The molecule has 150 valence electrons. The van der Waals surface area contributed by atoms with Crippen molar-refractivity contribution in [1.29, 1.82) is 0 Å². The Bertz CT molecular complexity index is 1150. The van der Waals surface area contributed by atoms with Gasteiger partial charge in [-0.25, -0.2) is 4.39 Å². The SMILES string of the molecule is CCOC(=O)Cn1c(=NC(=O)c2ccc(F)cc2)sc2cc(NC(C)=O)ccc21. The van der Waals surface area contributed by atoms with Crippen LogP contribution in [0.4, 0.5) is 10.1 Å². The van der Waals surface area contributed by atoms with E-state index < -0.39 is 17.7 Å². The largest absolute Gasteiger partial charge is 0.465 e. The highest BCUT2D eigenvalue weighted by Gasteiger charge is 2.14. The third-order valence-electron chi connectivity index (χ3n) is 3.88. The van der Waals surface area contributed by atoms with Gasteiger partial charge in [0.25, 0.3) is 5.91 Å². The zero-order valence-corrected chi connectivity index (χ0v) is 16.6. The van der Waals surface area contributed by atoms with E-state index in [4.69, 9.17) is 4.74 Å². The van der Waals surface area contributed by atoms with E-state index in [1.807, 2.05) is 0 Å². The molecule has 0 saturated carbocycles. The highest BCUT2D eigenvalue weighted by molar-refractivity contribution is 7.16.